The van der Waals surface area contributed by atoms with Gasteiger partial charge in [0, 0.05) is 0 Å². The first-order chi connectivity index (χ1) is 7.40. The fraction of sp³-hybridized carbons (Fsp3) is 0.571. The first-order valence-corrected chi connectivity index (χ1v) is 7.41. The maximum absolute atomic E-state index is 4.94. The number of nitrogens with zero attached hydrogens (tertiary/aromatic N) is 1. The molecule has 0 aromatic heterocycles. The van der Waals surface area contributed by atoms with E-state index in [2.05, 4.69) is 59.7 Å². The van der Waals surface area contributed by atoms with Gasteiger partial charge >= 0.3 is 0 Å². The summed E-state index contributed by atoms with van der Waals surface area (Å²) in [4.78, 5) is 0. The molecule has 2 heteroatoms. The quantitative estimate of drug-likeness (QED) is 0.611. The van der Waals surface area contributed by atoms with Crippen molar-refractivity contribution in [3.63, 3.8) is 0 Å². The number of rotatable bonds is 4. The molecule has 0 amide bonds. The highest BCUT2D eigenvalue weighted by atomic mass is 31.1. The Labute approximate surface area is 101 Å². The van der Waals surface area contributed by atoms with Crippen LogP contribution in [-0.4, -0.2) is 11.3 Å². The Morgan fingerprint density at radius 3 is 1.69 bits per heavy atom. The van der Waals surface area contributed by atoms with Crippen molar-refractivity contribution in [2.24, 2.45) is 0 Å². The second kappa shape index (κ2) is 5.68. The molecule has 1 nitrogen and oxygen atoms in total. The van der Waals surface area contributed by atoms with Crippen LogP contribution < -0.4 is 0 Å². The Balaban J connectivity index is 2.85. The average molecular weight is 236 g/mol. The normalized spacial score (nSPS) is 11.6. The molecule has 90 valence electrons. The fourth-order valence-electron chi connectivity index (χ4n) is 1.97. The lowest BCUT2D eigenvalue weighted by Gasteiger charge is -2.41. The van der Waals surface area contributed by atoms with E-state index in [0.29, 0.717) is 11.3 Å². The smallest absolute Gasteiger partial charge is 0.0398 e. The SMILES string of the molecule is Cc1cc(C)cc([N-]P(C(C)C)C(C)C)c1. The van der Waals surface area contributed by atoms with Gasteiger partial charge < -0.3 is 5.09 Å². The molecular weight excluding hydrogens is 213 g/mol. The third-order valence-corrected chi connectivity index (χ3v) is 5.07. The van der Waals surface area contributed by atoms with Gasteiger partial charge in [-0.15, -0.1) is 5.69 Å². The number of hydrogen-bond acceptors (Lipinski definition) is 0. The molecule has 0 unspecified atom stereocenters. The molecule has 0 heterocycles. The molecule has 0 saturated carbocycles. The van der Waals surface area contributed by atoms with E-state index in [1.54, 1.807) is 0 Å². The monoisotopic (exact) mass is 236 g/mol. The molecule has 0 saturated heterocycles. The van der Waals surface area contributed by atoms with Crippen molar-refractivity contribution >= 4 is 13.8 Å². The van der Waals surface area contributed by atoms with E-state index < -0.39 is 0 Å². The summed E-state index contributed by atoms with van der Waals surface area (Å²) in [5.74, 6) is 0. The molecule has 0 fully saturated rings. The average Bonchev–Trinajstić information content (AvgIpc) is 2.11. The van der Waals surface area contributed by atoms with E-state index in [1.807, 2.05) is 0 Å². The lowest BCUT2D eigenvalue weighted by atomic mass is 10.1. The number of aryl methyl sites for hydroxylation is 2. The summed E-state index contributed by atoms with van der Waals surface area (Å²) in [5.41, 5.74) is 5.10. The molecule has 0 bridgehead atoms. The third kappa shape index (κ3) is 3.79. The molecule has 0 spiro atoms. The second-order valence-corrected chi connectivity index (χ2v) is 8.04. The molecule has 0 aliphatic heterocycles. The van der Waals surface area contributed by atoms with Crippen molar-refractivity contribution in [1.82, 2.24) is 0 Å². The minimum Gasteiger partial charge on any atom is -0.660 e. The minimum absolute atomic E-state index is 0.255. The predicted molar refractivity (Wildman–Crippen MR) is 76.1 cm³/mol. The zero-order valence-electron chi connectivity index (χ0n) is 11.3. The van der Waals surface area contributed by atoms with Gasteiger partial charge in [0.05, 0.1) is 0 Å². The van der Waals surface area contributed by atoms with Gasteiger partial charge in [-0.3, -0.25) is 0 Å². The summed E-state index contributed by atoms with van der Waals surface area (Å²) in [5, 5.41) is 4.94. The van der Waals surface area contributed by atoms with E-state index in [-0.39, 0.29) is 8.07 Å². The van der Waals surface area contributed by atoms with E-state index in [4.69, 9.17) is 5.09 Å². The van der Waals surface area contributed by atoms with Crippen molar-refractivity contribution in [3.8, 4) is 0 Å². The highest BCUT2D eigenvalue weighted by Crippen LogP contribution is 2.56. The van der Waals surface area contributed by atoms with Crippen LogP contribution in [0.2, 0.25) is 0 Å². The maximum atomic E-state index is 4.94. The first-order valence-electron chi connectivity index (χ1n) is 5.98. The van der Waals surface area contributed by atoms with Gasteiger partial charge in [-0.1, -0.05) is 57.0 Å². The Morgan fingerprint density at radius 2 is 1.31 bits per heavy atom. The Hall–Kier alpha value is -0.550. The van der Waals surface area contributed by atoms with Crippen LogP contribution in [-0.2, 0) is 0 Å². The zero-order chi connectivity index (χ0) is 12.3. The van der Waals surface area contributed by atoms with Crippen LogP contribution in [0.5, 0.6) is 0 Å². The van der Waals surface area contributed by atoms with Gasteiger partial charge in [0.2, 0.25) is 0 Å². The van der Waals surface area contributed by atoms with Crippen LogP contribution in [0.4, 0.5) is 5.69 Å². The van der Waals surface area contributed by atoms with E-state index >= 15 is 0 Å². The largest absolute Gasteiger partial charge is 0.660 e. The zero-order valence-corrected chi connectivity index (χ0v) is 12.2. The summed E-state index contributed by atoms with van der Waals surface area (Å²) < 4.78 is 0. The second-order valence-electron chi connectivity index (χ2n) is 5.01. The predicted octanol–water partition coefficient (Wildman–Crippen LogP) is 5.52. The standard InChI is InChI=1S/C14H23NP/c1-10(2)16(11(3)4)15-14-8-12(5)7-13(6)9-14/h7-11H,1-6H3/q-1. The van der Waals surface area contributed by atoms with Crippen molar-refractivity contribution in [2.45, 2.75) is 52.9 Å². The molecule has 16 heavy (non-hydrogen) atoms. The van der Waals surface area contributed by atoms with Crippen LogP contribution >= 0.6 is 8.07 Å². The summed E-state index contributed by atoms with van der Waals surface area (Å²) in [7, 11) is -0.255. The van der Waals surface area contributed by atoms with Crippen LogP contribution in [0.1, 0.15) is 38.8 Å². The summed E-state index contributed by atoms with van der Waals surface area (Å²) in [6.45, 7) is 13.4. The van der Waals surface area contributed by atoms with Gasteiger partial charge in [0.1, 0.15) is 0 Å². The van der Waals surface area contributed by atoms with Crippen molar-refractivity contribution in [3.05, 3.63) is 34.4 Å². The molecule has 0 aliphatic rings. The van der Waals surface area contributed by atoms with Crippen molar-refractivity contribution < 1.29 is 0 Å². The minimum atomic E-state index is -0.255. The van der Waals surface area contributed by atoms with E-state index in [9.17, 15) is 0 Å². The Kier molecular flexibility index (Phi) is 4.80. The number of benzene rings is 1. The lowest BCUT2D eigenvalue weighted by molar-refractivity contribution is 1.02. The molecule has 0 N–H and O–H groups in total. The summed E-state index contributed by atoms with van der Waals surface area (Å²) in [6.07, 6.45) is 0. The maximum Gasteiger partial charge on any atom is -0.0398 e. The fourth-order valence-corrected chi connectivity index (χ4v) is 4.01. The van der Waals surface area contributed by atoms with Gasteiger partial charge in [0.25, 0.3) is 0 Å². The van der Waals surface area contributed by atoms with Crippen LogP contribution in [0.25, 0.3) is 5.09 Å². The Bertz CT molecular complexity index is 316. The topological polar surface area (TPSA) is 14.1 Å². The molecule has 0 radical (unpaired) electrons. The van der Waals surface area contributed by atoms with Gasteiger partial charge in [-0.2, -0.15) is 8.07 Å². The van der Waals surface area contributed by atoms with Crippen LogP contribution in [0.3, 0.4) is 0 Å². The third-order valence-electron chi connectivity index (χ3n) is 2.50. The van der Waals surface area contributed by atoms with Crippen LogP contribution in [0, 0.1) is 13.8 Å². The molecule has 1 rings (SSSR count). The van der Waals surface area contributed by atoms with E-state index in [1.165, 1.54) is 11.1 Å². The Morgan fingerprint density at radius 1 is 0.875 bits per heavy atom. The van der Waals surface area contributed by atoms with Gasteiger partial charge in [-0.25, -0.2) is 0 Å². The van der Waals surface area contributed by atoms with Crippen molar-refractivity contribution in [1.29, 1.82) is 0 Å². The highest BCUT2D eigenvalue weighted by molar-refractivity contribution is 7.62. The molecule has 0 atom stereocenters. The first kappa shape index (κ1) is 13.5. The van der Waals surface area contributed by atoms with Crippen LogP contribution in [0.15, 0.2) is 18.2 Å². The van der Waals surface area contributed by atoms with Gasteiger partial charge in [0.15, 0.2) is 0 Å². The number of hydrogen-bond donors (Lipinski definition) is 0. The molecular formula is C14H23NP-. The van der Waals surface area contributed by atoms with Crippen molar-refractivity contribution in [2.75, 3.05) is 0 Å². The molecule has 1 aromatic rings. The summed E-state index contributed by atoms with van der Waals surface area (Å²) >= 11 is 0. The summed E-state index contributed by atoms with van der Waals surface area (Å²) in [6, 6.07) is 6.58. The molecule has 1 aromatic carbocycles. The van der Waals surface area contributed by atoms with E-state index in [0.717, 1.165) is 5.69 Å². The highest BCUT2D eigenvalue weighted by Gasteiger charge is 2.06. The lowest BCUT2D eigenvalue weighted by Crippen LogP contribution is -2.01. The van der Waals surface area contributed by atoms with Gasteiger partial charge in [-0.05, 0) is 25.2 Å². The molecule has 0 aliphatic carbocycles.